The number of rotatable bonds is 8. The highest BCUT2D eigenvalue weighted by Gasteiger charge is 2.16. The first-order chi connectivity index (χ1) is 12.7. The van der Waals surface area contributed by atoms with Gasteiger partial charge >= 0.3 is 0 Å². The van der Waals surface area contributed by atoms with Gasteiger partial charge in [-0.2, -0.15) is 0 Å². The number of amides is 1. The molecule has 0 radical (unpaired) electrons. The van der Waals surface area contributed by atoms with E-state index in [2.05, 4.69) is 5.32 Å². The molecule has 0 unspecified atom stereocenters. The summed E-state index contributed by atoms with van der Waals surface area (Å²) in [5.41, 5.74) is 1.66. The number of aliphatic hydroxyl groups excluding tert-OH is 1. The molecular formula is C20H23NO5. The maximum atomic E-state index is 12.0. The fraction of sp³-hybridized carbons (Fsp3) is 0.350. The van der Waals surface area contributed by atoms with Gasteiger partial charge in [-0.3, -0.25) is 4.79 Å². The third-order valence-electron chi connectivity index (χ3n) is 4.12. The van der Waals surface area contributed by atoms with Gasteiger partial charge < -0.3 is 24.6 Å². The number of carbonyl (C=O) groups is 1. The SMILES string of the molecule is CCOc1ccc(CC(=O)NCC[C@@H](O)c2ccc3c(c2)OCO3)cc1. The molecule has 6 nitrogen and oxygen atoms in total. The molecule has 0 aromatic heterocycles. The van der Waals surface area contributed by atoms with Crippen molar-refractivity contribution < 1.29 is 24.1 Å². The van der Waals surface area contributed by atoms with Gasteiger partial charge in [0, 0.05) is 6.54 Å². The average Bonchev–Trinajstić information content (AvgIpc) is 3.11. The molecule has 138 valence electrons. The Morgan fingerprint density at radius 3 is 2.73 bits per heavy atom. The molecule has 3 rings (SSSR count). The van der Waals surface area contributed by atoms with Gasteiger partial charge in [-0.25, -0.2) is 0 Å². The second-order valence-corrected chi connectivity index (χ2v) is 6.02. The molecule has 0 saturated heterocycles. The largest absolute Gasteiger partial charge is 0.494 e. The molecule has 1 aliphatic rings. The Morgan fingerprint density at radius 1 is 1.19 bits per heavy atom. The topological polar surface area (TPSA) is 77.0 Å². The first-order valence-corrected chi connectivity index (χ1v) is 8.71. The number of fused-ring (bicyclic) bond motifs is 1. The Balaban J connectivity index is 1.43. The van der Waals surface area contributed by atoms with Crippen LogP contribution in [0, 0.1) is 0 Å². The van der Waals surface area contributed by atoms with Crippen LogP contribution in [-0.4, -0.2) is 31.0 Å². The summed E-state index contributed by atoms with van der Waals surface area (Å²) in [5.74, 6) is 2.04. The van der Waals surface area contributed by atoms with Crippen molar-refractivity contribution in [2.45, 2.75) is 25.9 Å². The molecule has 2 aromatic carbocycles. The molecule has 1 amide bonds. The zero-order chi connectivity index (χ0) is 18.4. The number of nitrogens with one attached hydrogen (secondary N) is 1. The van der Waals surface area contributed by atoms with Gasteiger partial charge in [0.1, 0.15) is 5.75 Å². The minimum atomic E-state index is -0.671. The fourth-order valence-electron chi connectivity index (χ4n) is 2.75. The van der Waals surface area contributed by atoms with Gasteiger partial charge in [-0.15, -0.1) is 0 Å². The van der Waals surface area contributed by atoms with Gasteiger partial charge in [0.15, 0.2) is 11.5 Å². The number of carbonyl (C=O) groups excluding carboxylic acids is 1. The van der Waals surface area contributed by atoms with Gasteiger partial charge in [0.05, 0.1) is 19.1 Å². The first kappa shape index (κ1) is 18.1. The van der Waals surface area contributed by atoms with Crippen LogP contribution in [0.25, 0.3) is 0 Å². The number of hydrogen-bond acceptors (Lipinski definition) is 5. The highest BCUT2D eigenvalue weighted by molar-refractivity contribution is 5.78. The number of benzene rings is 2. The molecule has 1 heterocycles. The van der Waals surface area contributed by atoms with Crippen molar-refractivity contribution in [3.05, 3.63) is 53.6 Å². The summed E-state index contributed by atoms with van der Waals surface area (Å²) in [6.45, 7) is 3.15. The predicted octanol–water partition coefficient (Wildman–Crippen LogP) is 2.60. The van der Waals surface area contributed by atoms with E-state index in [9.17, 15) is 9.90 Å². The number of ether oxygens (including phenoxy) is 3. The van der Waals surface area contributed by atoms with Crippen LogP contribution in [0.4, 0.5) is 0 Å². The van der Waals surface area contributed by atoms with E-state index >= 15 is 0 Å². The minimum absolute atomic E-state index is 0.0768. The molecule has 0 bridgehead atoms. The summed E-state index contributed by atoms with van der Waals surface area (Å²) in [5, 5.41) is 13.1. The van der Waals surface area contributed by atoms with Crippen LogP contribution in [0.5, 0.6) is 17.2 Å². The zero-order valence-electron chi connectivity index (χ0n) is 14.7. The summed E-state index contributed by atoms with van der Waals surface area (Å²) in [4.78, 5) is 12.0. The van der Waals surface area contributed by atoms with Crippen molar-refractivity contribution in [3.63, 3.8) is 0 Å². The fourth-order valence-corrected chi connectivity index (χ4v) is 2.75. The lowest BCUT2D eigenvalue weighted by Crippen LogP contribution is -2.27. The molecule has 1 aliphatic heterocycles. The van der Waals surface area contributed by atoms with Crippen molar-refractivity contribution in [1.82, 2.24) is 5.32 Å². The first-order valence-electron chi connectivity index (χ1n) is 8.71. The Bertz CT molecular complexity index is 744. The van der Waals surface area contributed by atoms with Crippen LogP contribution in [-0.2, 0) is 11.2 Å². The summed E-state index contributed by atoms with van der Waals surface area (Å²) >= 11 is 0. The van der Waals surface area contributed by atoms with Gasteiger partial charge in [-0.05, 0) is 48.7 Å². The van der Waals surface area contributed by atoms with Crippen molar-refractivity contribution in [2.24, 2.45) is 0 Å². The lowest BCUT2D eigenvalue weighted by atomic mass is 10.1. The Kier molecular flexibility index (Phi) is 5.96. The molecule has 0 saturated carbocycles. The van der Waals surface area contributed by atoms with Crippen LogP contribution in [0.2, 0.25) is 0 Å². The number of aliphatic hydroxyl groups is 1. The van der Waals surface area contributed by atoms with E-state index in [0.717, 1.165) is 16.9 Å². The average molecular weight is 357 g/mol. The summed E-state index contributed by atoms with van der Waals surface area (Å²) < 4.78 is 15.9. The summed E-state index contributed by atoms with van der Waals surface area (Å²) in [7, 11) is 0. The molecular weight excluding hydrogens is 334 g/mol. The smallest absolute Gasteiger partial charge is 0.231 e. The molecule has 26 heavy (non-hydrogen) atoms. The second kappa shape index (κ2) is 8.58. The Hall–Kier alpha value is -2.73. The quantitative estimate of drug-likeness (QED) is 0.759. The van der Waals surface area contributed by atoms with Gasteiger partial charge in [-0.1, -0.05) is 18.2 Å². The molecule has 2 aromatic rings. The van der Waals surface area contributed by atoms with Crippen LogP contribution in [0.15, 0.2) is 42.5 Å². The highest BCUT2D eigenvalue weighted by atomic mass is 16.7. The second-order valence-electron chi connectivity index (χ2n) is 6.02. The molecule has 6 heteroatoms. The summed E-state index contributed by atoms with van der Waals surface area (Å²) in [6.07, 6.45) is 0.0524. The van der Waals surface area contributed by atoms with E-state index in [4.69, 9.17) is 14.2 Å². The molecule has 0 spiro atoms. The minimum Gasteiger partial charge on any atom is -0.494 e. The van der Waals surface area contributed by atoms with E-state index in [0.29, 0.717) is 37.5 Å². The van der Waals surface area contributed by atoms with Crippen molar-refractivity contribution >= 4 is 5.91 Å². The van der Waals surface area contributed by atoms with Crippen LogP contribution in [0.3, 0.4) is 0 Å². The lowest BCUT2D eigenvalue weighted by Gasteiger charge is -2.12. The predicted molar refractivity (Wildman–Crippen MR) is 96.5 cm³/mol. The Morgan fingerprint density at radius 2 is 1.96 bits per heavy atom. The van der Waals surface area contributed by atoms with Crippen LogP contribution >= 0.6 is 0 Å². The summed E-state index contributed by atoms with van der Waals surface area (Å²) in [6, 6.07) is 12.8. The molecule has 0 fully saturated rings. The Labute approximate surface area is 152 Å². The van der Waals surface area contributed by atoms with Gasteiger partial charge in [0.25, 0.3) is 0 Å². The van der Waals surface area contributed by atoms with Crippen molar-refractivity contribution in [3.8, 4) is 17.2 Å². The highest BCUT2D eigenvalue weighted by Crippen LogP contribution is 2.34. The molecule has 0 aliphatic carbocycles. The van der Waals surface area contributed by atoms with E-state index in [1.54, 1.807) is 18.2 Å². The third-order valence-corrected chi connectivity index (χ3v) is 4.12. The standard InChI is InChI=1S/C20H23NO5/c1-2-24-16-6-3-14(4-7-16)11-20(23)21-10-9-17(22)15-5-8-18-19(12-15)26-13-25-18/h3-8,12,17,22H,2,9-11,13H2,1H3,(H,21,23)/t17-/m1/s1. The van der Waals surface area contributed by atoms with Crippen molar-refractivity contribution in [2.75, 3.05) is 19.9 Å². The van der Waals surface area contributed by atoms with Crippen LogP contribution < -0.4 is 19.5 Å². The number of hydrogen-bond donors (Lipinski definition) is 2. The zero-order valence-corrected chi connectivity index (χ0v) is 14.7. The van der Waals surface area contributed by atoms with E-state index in [1.165, 1.54) is 0 Å². The van der Waals surface area contributed by atoms with E-state index in [1.807, 2.05) is 31.2 Å². The monoisotopic (exact) mass is 357 g/mol. The maximum absolute atomic E-state index is 12.0. The third kappa shape index (κ3) is 4.67. The van der Waals surface area contributed by atoms with Crippen LogP contribution in [0.1, 0.15) is 30.6 Å². The maximum Gasteiger partial charge on any atom is 0.231 e. The normalized spacial score (nSPS) is 13.3. The van der Waals surface area contributed by atoms with Gasteiger partial charge in [0.2, 0.25) is 12.7 Å². The van der Waals surface area contributed by atoms with Crippen molar-refractivity contribution in [1.29, 1.82) is 0 Å². The van der Waals surface area contributed by atoms with E-state index in [-0.39, 0.29) is 12.7 Å². The lowest BCUT2D eigenvalue weighted by molar-refractivity contribution is -0.120. The molecule has 2 N–H and O–H groups in total. The van der Waals surface area contributed by atoms with E-state index < -0.39 is 6.10 Å². The molecule has 1 atom stereocenters.